The minimum atomic E-state index is -0.0759. The Kier molecular flexibility index (Phi) is 5.27. The molecule has 0 N–H and O–H groups in total. The Morgan fingerprint density at radius 1 is 1.38 bits per heavy atom. The van der Waals surface area contributed by atoms with Gasteiger partial charge in [-0.25, -0.2) is 0 Å². The standard InChI is InChI=1S/C15H18O/c1-3-13(2)15(16)12-8-7-11-14-9-5-4-6-10-14/h3-6,8-10,12-13H,1,7,11H2,2H3/b12-8+. The van der Waals surface area contributed by atoms with Crippen LogP contribution in [-0.4, -0.2) is 5.78 Å². The molecule has 1 atom stereocenters. The zero-order valence-corrected chi connectivity index (χ0v) is 9.73. The van der Waals surface area contributed by atoms with Crippen LogP contribution in [0.4, 0.5) is 0 Å². The molecule has 0 radical (unpaired) electrons. The second-order valence-corrected chi connectivity index (χ2v) is 3.85. The predicted octanol–water partition coefficient (Wildman–Crippen LogP) is 3.57. The number of rotatable bonds is 6. The molecular formula is C15H18O. The third-order valence-corrected chi connectivity index (χ3v) is 2.53. The van der Waals surface area contributed by atoms with E-state index in [2.05, 4.69) is 18.7 Å². The first kappa shape index (κ1) is 12.4. The minimum absolute atomic E-state index is 0.0759. The summed E-state index contributed by atoms with van der Waals surface area (Å²) in [4.78, 5) is 11.4. The Labute approximate surface area is 97.5 Å². The highest BCUT2D eigenvalue weighted by atomic mass is 16.1. The molecule has 0 aliphatic carbocycles. The van der Waals surface area contributed by atoms with Gasteiger partial charge >= 0.3 is 0 Å². The molecule has 1 aromatic carbocycles. The number of carbonyl (C=O) groups excluding carboxylic acids is 1. The van der Waals surface area contributed by atoms with Crippen LogP contribution in [0.3, 0.4) is 0 Å². The number of hydrogen-bond donors (Lipinski definition) is 0. The van der Waals surface area contributed by atoms with Gasteiger partial charge in [-0.3, -0.25) is 4.79 Å². The van der Waals surface area contributed by atoms with E-state index >= 15 is 0 Å². The van der Waals surface area contributed by atoms with Gasteiger partial charge in [0.05, 0.1) is 0 Å². The maximum atomic E-state index is 11.4. The van der Waals surface area contributed by atoms with E-state index in [1.807, 2.05) is 31.2 Å². The van der Waals surface area contributed by atoms with E-state index in [-0.39, 0.29) is 11.7 Å². The monoisotopic (exact) mass is 214 g/mol. The van der Waals surface area contributed by atoms with Crippen LogP contribution in [0.1, 0.15) is 18.9 Å². The first-order valence-electron chi connectivity index (χ1n) is 5.61. The van der Waals surface area contributed by atoms with Gasteiger partial charge in [0.25, 0.3) is 0 Å². The summed E-state index contributed by atoms with van der Waals surface area (Å²) in [6.07, 6.45) is 7.15. The third kappa shape index (κ3) is 4.26. The molecule has 0 saturated carbocycles. The predicted molar refractivity (Wildman–Crippen MR) is 68.3 cm³/mol. The Morgan fingerprint density at radius 2 is 2.06 bits per heavy atom. The largest absolute Gasteiger partial charge is 0.294 e. The maximum Gasteiger partial charge on any atom is 0.161 e. The van der Waals surface area contributed by atoms with Gasteiger partial charge in [-0.05, 0) is 24.5 Å². The van der Waals surface area contributed by atoms with Gasteiger partial charge in [0.15, 0.2) is 5.78 Å². The van der Waals surface area contributed by atoms with E-state index in [1.165, 1.54) is 5.56 Å². The molecule has 84 valence electrons. The summed E-state index contributed by atoms with van der Waals surface area (Å²) in [5.74, 6) is 0.0519. The summed E-state index contributed by atoms with van der Waals surface area (Å²) in [6.45, 7) is 5.46. The summed E-state index contributed by atoms with van der Waals surface area (Å²) in [6, 6.07) is 10.3. The van der Waals surface area contributed by atoms with Crippen LogP contribution in [0.15, 0.2) is 55.1 Å². The van der Waals surface area contributed by atoms with E-state index in [4.69, 9.17) is 0 Å². The average molecular weight is 214 g/mol. The second kappa shape index (κ2) is 6.78. The van der Waals surface area contributed by atoms with E-state index in [0.717, 1.165) is 12.8 Å². The van der Waals surface area contributed by atoms with Crippen molar-refractivity contribution < 1.29 is 4.79 Å². The van der Waals surface area contributed by atoms with Crippen molar-refractivity contribution in [3.05, 3.63) is 60.7 Å². The average Bonchev–Trinajstić information content (AvgIpc) is 2.34. The number of aryl methyl sites for hydroxylation is 1. The highest BCUT2D eigenvalue weighted by Gasteiger charge is 2.03. The first-order chi connectivity index (χ1) is 7.74. The van der Waals surface area contributed by atoms with Crippen molar-refractivity contribution in [3.8, 4) is 0 Å². The van der Waals surface area contributed by atoms with Crippen LogP contribution in [0.5, 0.6) is 0 Å². The van der Waals surface area contributed by atoms with Crippen LogP contribution in [0, 0.1) is 5.92 Å². The molecule has 1 rings (SSSR count). The van der Waals surface area contributed by atoms with E-state index < -0.39 is 0 Å². The lowest BCUT2D eigenvalue weighted by molar-refractivity contribution is -0.116. The molecule has 0 saturated heterocycles. The molecule has 0 aromatic heterocycles. The van der Waals surface area contributed by atoms with E-state index in [9.17, 15) is 4.79 Å². The highest BCUT2D eigenvalue weighted by molar-refractivity contribution is 5.92. The SMILES string of the molecule is C=CC(C)C(=O)/C=C/CCc1ccccc1. The molecular weight excluding hydrogens is 196 g/mol. The topological polar surface area (TPSA) is 17.1 Å². The van der Waals surface area contributed by atoms with Crippen molar-refractivity contribution in [1.82, 2.24) is 0 Å². The zero-order valence-electron chi connectivity index (χ0n) is 9.73. The molecule has 0 heterocycles. The number of carbonyl (C=O) groups is 1. The molecule has 0 aliphatic rings. The van der Waals surface area contributed by atoms with Gasteiger partial charge in [0.1, 0.15) is 0 Å². The normalized spacial score (nSPS) is 12.6. The minimum Gasteiger partial charge on any atom is -0.294 e. The summed E-state index contributed by atoms with van der Waals surface area (Å²) < 4.78 is 0. The van der Waals surface area contributed by atoms with Crippen LogP contribution in [0.25, 0.3) is 0 Å². The quantitative estimate of drug-likeness (QED) is 0.522. The molecule has 16 heavy (non-hydrogen) atoms. The van der Waals surface area contributed by atoms with Crippen LogP contribution >= 0.6 is 0 Å². The summed E-state index contributed by atoms with van der Waals surface area (Å²) in [7, 11) is 0. The van der Waals surface area contributed by atoms with E-state index in [1.54, 1.807) is 12.2 Å². The fourth-order valence-corrected chi connectivity index (χ4v) is 1.36. The second-order valence-electron chi connectivity index (χ2n) is 3.85. The van der Waals surface area contributed by atoms with Gasteiger partial charge in [-0.15, -0.1) is 6.58 Å². The molecule has 0 aliphatic heterocycles. The summed E-state index contributed by atoms with van der Waals surface area (Å²) >= 11 is 0. The first-order valence-corrected chi connectivity index (χ1v) is 5.61. The fraction of sp³-hybridized carbons (Fsp3) is 0.267. The molecule has 0 bridgehead atoms. The van der Waals surface area contributed by atoms with Crippen molar-refractivity contribution in [3.63, 3.8) is 0 Å². The highest BCUT2D eigenvalue weighted by Crippen LogP contribution is 2.04. The summed E-state index contributed by atoms with van der Waals surface area (Å²) in [5, 5.41) is 0. The van der Waals surface area contributed by atoms with Gasteiger partial charge in [0, 0.05) is 5.92 Å². The van der Waals surface area contributed by atoms with Gasteiger partial charge in [-0.2, -0.15) is 0 Å². The van der Waals surface area contributed by atoms with Crippen LogP contribution < -0.4 is 0 Å². The fourth-order valence-electron chi connectivity index (χ4n) is 1.36. The Hall–Kier alpha value is -1.63. The molecule has 1 nitrogen and oxygen atoms in total. The Bertz CT molecular complexity index is 362. The molecule has 1 heteroatoms. The van der Waals surface area contributed by atoms with Crippen LogP contribution in [0.2, 0.25) is 0 Å². The molecule has 1 aromatic rings. The lowest BCUT2D eigenvalue weighted by atomic mass is 10.1. The van der Waals surface area contributed by atoms with Gasteiger partial charge in [0.2, 0.25) is 0 Å². The number of hydrogen-bond acceptors (Lipinski definition) is 1. The Balaban J connectivity index is 2.33. The third-order valence-electron chi connectivity index (χ3n) is 2.53. The molecule has 0 spiro atoms. The van der Waals surface area contributed by atoms with Crippen molar-refractivity contribution >= 4 is 5.78 Å². The number of benzene rings is 1. The lowest BCUT2D eigenvalue weighted by Gasteiger charge is -1.99. The number of allylic oxidation sites excluding steroid dienone is 3. The smallest absolute Gasteiger partial charge is 0.161 e. The zero-order chi connectivity index (χ0) is 11.8. The lowest BCUT2D eigenvalue weighted by Crippen LogP contribution is -2.03. The Morgan fingerprint density at radius 3 is 2.69 bits per heavy atom. The van der Waals surface area contributed by atoms with Crippen molar-refractivity contribution in [2.45, 2.75) is 19.8 Å². The van der Waals surface area contributed by atoms with Gasteiger partial charge < -0.3 is 0 Å². The van der Waals surface area contributed by atoms with Gasteiger partial charge in [-0.1, -0.05) is 49.4 Å². The number of ketones is 1. The van der Waals surface area contributed by atoms with Crippen molar-refractivity contribution in [2.75, 3.05) is 0 Å². The maximum absolute atomic E-state index is 11.4. The van der Waals surface area contributed by atoms with E-state index in [0.29, 0.717) is 0 Å². The molecule has 0 fully saturated rings. The van der Waals surface area contributed by atoms with Crippen molar-refractivity contribution in [1.29, 1.82) is 0 Å². The van der Waals surface area contributed by atoms with Crippen molar-refractivity contribution in [2.24, 2.45) is 5.92 Å². The van der Waals surface area contributed by atoms with Crippen LogP contribution in [-0.2, 0) is 11.2 Å². The summed E-state index contributed by atoms with van der Waals surface area (Å²) in [5.41, 5.74) is 1.30. The molecule has 0 amide bonds. The molecule has 1 unspecified atom stereocenters.